The molecule has 0 saturated carbocycles. The first-order valence-electron chi connectivity index (χ1n) is 4.26. The van der Waals surface area contributed by atoms with Gasteiger partial charge in [0.2, 0.25) is 11.9 Å². The van der Waals surface area contributed by atoms with E-state index in [1.165, 1.54) is 0 Å². The number of hydrazine groups is 1. The van der Waals surface area contributed by atoms with Gasteiger partial charge in [-0.15, -0.1) is 0 Å². The molecule has 0 atom stereocenters. The summed E-state index contributed by atoms with van der Waals surface area (Å²) in [5, 5.41) is 2.44. The Morgan fingerprint density at radius 1 is 1.07 bits per heavy atom. The molecule has 0 spiro atoms. The Balaban J connectivity index is 2.49. The first-order valence-corrected chi connectivity index (χ1v) is 4.26. The van der Waals surface area contributed by atoms with Crippen LogP contribution in [0.15, 0.2) is 0 Å². The molecular formula is C7H8N8. The van der Waals surface area contributed by atoms with Crippen LogP contribution in [0.1, 0.15) is 0 Å². The predicted molar refractivity (Wildman–Crippen MR) is 56.0 cm³/mol. The van der Waals surface area contributed by atoms with Gasteiger partial charge in [0.25, 0.3) is 0 Å². The van der Waals surface area contributed by atoms with Crippen molar-refractivity contribution in [2.45, 2.75) is 0 Å². The topological polar surface area (TPSA) is 119 Å². The van der Waals surface area contributed by atoms with Crippen LogP contribution in [-0.4, -0.2) is 27.0 Å². The van der Waals surface area contributed by atoms with E-state index in [0.29, 0.717) is 17.3 Å². The van der Waals surface area contributed by atoms with Gasteiger partial charge in [-0.2, -0.15) is 19.9 Å². The lowest BCUT2D eigenvalue weighted by Crippen LogP contribution is -2.21. The van der Waals surface area contributed by atoms with Crippen molar-refractivity contribution in [1.82, 2.24) is 19.9 Å². The second-order valence-corrected chi connectivity index (χ2v) is 3.21. The second kappa shape index (κ2) is 2.35. The number of nitrogens with zero attached hydrogens (tertiary/aromatic N) is 5. The van der Waals surface area contributed by atoms with Gasteiger partial charge in [0.05, 0.1) is 0 Å². The molecule has 3 heterocycles. The summed E-state index contributed by atoms with van der Waals surface area (Å²) >= 11 is 0. The van der Waals surface area contributed by atoms with E-state index in [1.54, 1.807) is 12.1 Å². The number of nitrogens with two attached hydrogens (primary N) is 2. The Morgan fingerprint density at radius 3 is 2.47 bits per heavy atom. The molecule has 0 unspecified atom stereocenters. The van der Waals surface area contributed by atoms with Gasteiger partial charge in [0, 0.05) is 7.05 Å². The summed E-state index contributed by atoms with van der Waals surface area (Å²) in [5.41, 5.74) is 14.5. The van der Waals surface area contributed by atoms with Crippen molar-refractivity contribution in [2.24, 2.45) is 0 Å². The van der Waals surface area contributed by atoms with Crippen molar-refractivity contribution in [1.29, 1.82) is 0 Å². The predicted octanol–water partition coefficient (Wildman–Crippen LogP) is -0.639. The number of nitrogens with one attached hydrogen (secondary N) is 1. The Labute approximate surface area is 84.3 Å². The van der Waals surface area contributed by atoms with Crippen molar-refractivity contribution >= 4 is 34.6 Å². The minimum absolute atomic E-state index is 0.157. The Bertz CT molecular complexity index is 559. The van der Waals surface area contributed by atoms with Gasteiger partial charge in [-0.05, 0) is 0 Å². The Hall–Kier alpha value is -2.38. The average molecular weight is 204 g/mol. The fraction of sp³-hybridized carbons (Fsp3) is 0.143. The molecule has 1 aliphatic heterocycles. The van der Waals surface area contributed by atoms with Gasteiger partial charge in [0.1, 0.15) is 5.39 Å². The van der Waals surface area contributed by atoms with Crippen molar-refractivity contribution < 1.29 is 0 Å². The van der Waals surface area contributed by atoms with Gasteiger partial charge in [-0.3, -0.25) is 10.4 Å². The molecule has 8 nitrogen and oxygen atoms in total. The highest BCUT2D eigenvalue weighted by Crippen LogP contribution is 2.34. The molecule has 2 aromatic heterocycles. The van der Waals surface area contributed by atoms with Crippen LogP contribution >= 0.6 is 0 Å². The highest BCUT2D eigenvalue weighted by atomic mass is 15.6. The summed E-state index contributed by atoms with van der Waals surface area (Å²) in [7, 11) is 1.80. The molecule has 15 heavy (non-hydrogen) atoms. The van der Waals surface area contributed by atoms with Crippen LogP contribution in [0.5, 0.6) is 0 Å². The van der Waals surface area contributed by atoms with E-state index in [9.17, 15) is 0 Å². The van der Waals surface area contributed by atoms with Crippen LogP contribution in [0.3, 0.4) is 0 Å². The summed E-state index contributed by atoms with van der Waals surface area (Å²) in [6.45, 7) is 0. The molecular weight excluding hydrogens is 196 g/mol. The summed E-state index contributed by atoms with van der Waals surface area (Å²) in [6, 6.07) is 0. The van der Waals surface area contributed by atoms with Crippen molar-refractivity contribution in [3.05, 3.63) is 0 Å². The second-order valence-electron chi connectivity index (χ2n) is 3.21. The Kier molecular flexibility index (Phi) is 1.25. The van der Waals surface area contributed by atoms with E-state index in [-0.39, 0.29) is 11.9 Å². The third kappa shape index (κ3) is 0.951. The third-order valence-corrected chi connectivity index (χ3v) is 2.16. The van der Waals surface area contributed by atoms with Gasteiger partial charge < -0.3 is 11.5 Å². The molecule has 76 valence electrons. The van der Waals surface area contributed by atoms with Gasteiger partial charge in [-0.25, -0.2) is 0 Å². The smallest absolute Gasteiger partial charge is 0.224 e. The molecule has 0 aliphatic carbocycles. The number of nitrogen functional groups attached to an aromatic ring is 2. The number of hydrogen-bond acceptors (Lipinski definition) is 8. The first kappa shape index (κ1) is 7.97. The maximum absolute atomic E-state index is 5.56. The fourth-order valence-corrected chi connectivity index (χ4v) is 1.59. The standard InChI is InChI=1S/C7H8N8/c1-15-5-2-3(11-7(9)13-5)10-6(8)12-4(2)14-15/h1H3,(H5,8,9,10,11,12,13,14). The van der Waals surface area contributed by atoms with Crippen molar-refractivity contribution in [3.63, 3.8) is 0 Å². The zero-order valence-electron chi connectivity index (χ0n) is 7.89. The molecule has 5 N–H and O–H groups in total. The fourth-order valence-electron chi connectivity index (χ4n) is 1.59. The lowest BCUT2D eigenvalue weighted by Gasteiger charge is -2.10. The first-order chi connectivity index (χ1) is 7.15. The van der Waals surface area contributed by atoms with Crippen molar-refractivity contribution in [2.75, 3.05) is 28.9 Å². The average Bonchev–Trinajstić information content (AvgIpc) is 2.43. The van der Waals surface area contributed by atoms with E-state index >= 15 is 0 Å². The van der Waals surface area contributed by atoms with Crippen LogP contribution < -0.4 is 21.9 Å². The Morgan fingerprint density at radius 2 is 1.73 bits per heavy atom. The maximum atomic E-state index is 5.56. The maximum Gasteiger partial charge on any atom is 0.224 e. The minimum atomic E-state index is 0.157. The summed E-state index contributed by atoms with van der Waals surface area (Å²) in [4.78, 5) is 16.1. The van der Waals surface area contributed by atoms with Crippen molar-refractivity contribution in [3.8, 4) is 0 Å². The molecule has 1 aliphatic rings. The lowest BCUT2D eigenvalue weighted by molar-refractivity contribution is 1.07. The van der Waals surface area contributed by atoms with Gasteiger partial charge >= 0.3 is 0 Å². The highest BCUT2D eigenvalue weighted by Gasteiger charge is 2.23. The van der Waals surface area contributed by atoms with Crippen LogP contribution in [0.25, 0.3) is 11.0 Å². The minimum Gasteiger partial charge on any atom is -0.368 e. The van der Waals surface area contributed by atoms with Crippen LogP contribution in [-0.2, 0) is 0 Å². The molecule has 0 fully saturated rings. The monoisotopic (exact) mass is 204 g/mol. The van der Waals surface area contributed by atoms with Crippen LogP contribution in [0.4, 0.5) is 23.5 Å². The lowest BCUT2D eigenvalue weighted by atomic mass is 10.3. The molecule has 8 heteroatoms. The van der Waals surface area contributed by atoms with Crippen LogP contribution in [0.2, 0.25) is 0 Å². The third-order valence-electron chi connectivity index (χ3n) is 2.16. The highest BCUT2D eigenvalue weighted by molar-refractivity contribution is 6.01. The summed E-state index contributed by atoms with van der Waals surface area (Å²) in [6.07, 6.45) is 0. The number of anilines is 4. The normalized spacial score (nSPS) is 13.3. The van der Waals surface area contributed by atoms with E-state index in [2.05, 4.69) is 25.4 Å². The molecule has 0 aromatic carbocycles. The molecule has 3 rings (SSSR count). The van der Waals surface area contributed by atoms with E-state index in [1.807, 2.05) is 0 Å². The molecule has 0 amide bonds. The molecule has 0 radical (unpaired) electrons. The van der Waals surface area contributed by atoms with E-state index < -0.39 is 0 Å². The largest absolute Gasteiger partial charge is 0.368 e. The van der Waals surface area contributed by atoms with Gasteiger partial charge in [0.15, 0.2) is 17.3 Å². The molecule has 0 bridgehead atoms. The number of hydrogen-bond donors (Lipinski definition) is 3. The number of aromatic nitrogens is 4. The van der Waals surface area contributed by atoms with Gasteiger partial charge in [-0.1, -0.05) is 0 Å². The quantitative estimate of drug-likeness (QED) is 0.518. The molecule has 2 aromatic rings. The van der Waals surface area contributed by atoms with Crippen LogP contribution in [0, 0.1) is 0 Å². The summed E-state index contributed by atoms with van der Waals surface area (Å²) < 4.78 is 0. The molecule has 0 saturated heterocycles. The zero-order valence-corrected chi connectivity index (χ0v) is 7.89. The van der Waals surface area contributed by atoms with E-state index in [0.717, 1.165) is 5.39 Å². The summed E-state index contributed by atoms with van der Waals surface area (Å²) in [5.74, 6) is 1.59. The van der Waals surface area contributed by atoms with E-state index in [4.69, 9.17) is 11.5 Å². The number of rotatable bonds is 0. The SMILES string of the molecule is CN1Nc2nc(N)nc3nc(N)nc1c23. The zero-order chi connectivity index (χ0) is 10.6.